The Balaban J connectivity index is 2.30. The number of ether oxygens (including phenoxy) is 1. The van der Waals surface area contributed by atoms with Gasteiger partial charge in [-0.3, -0.25) is 0 Å². The average Bonchev–Trinajstić information content (AvgIpc) is 2.42. The van der Waals surface area contributed by atoms with E-state index in [9.17, 15) is 8.42 Å². The highest BCUT2D eigenvalue weighted by Crippen LogP contribution is 2.22. The van der Waals surface area contributed by atoms with Gasteiger partial charge in [0.15, 0.2) is 0 Å². The fourth-order valence-corrected chi connectivity index (χ4v) is 4.03. The summed E-state index contributed by atoms with van der Waals surface area (Å²) < 4.78 is 33.1. The SMILES string of the molecule is Cc1cc(CN)cc(S(=O)(=O)NC2CCCOC2)c1C. The molecule has 5 nitrogen and oxygen atoms in total. The second-order valence-corrected chi connectivity index (χ2v) is 6.96. The number of sulfonamides is 1. The van der Waals surface area contributed by atoms with Crippen molar-refractivity contribution in [1.82, 2.24) is 4.72 Å². The third-order valence-corrected chi connectivity index (χ3v) is 5.33. The Kier molecular flexibility index (Phi) is 4.80. The van der Waals surface area contributed by atoms with Crippen LogP contribution in [0.2, 0.25) is 0 Å². The maximum absolute atomic E-state index is 12.5. The predicted octanol–water partition coefficient (Wildman–Crippen LogP) is 1.22. The van der Waals surface area contributed by atoms with E-state index in [0.717, 1.165) is 29.5 Å². The van der Waals surface area contributed by atoms with Crippen molar-refractivity contribution in [1.29, 1.82) is 0 Å². The Hall–Kier alpha value is -0.950. The van der Waals surface area contributed by atoms with Gasteiger partial charge < -0.3 is 10.5 Å². The van der Waals surface area contributed by atoms with Gasteiger partial charge in [0.05, 0.1) is 11.5 Å². The Morgan fingerprint density at radius 1 is 1.40 bits per heavy atom. The molecule has 1 saturated heterocycles. The van der Waals surface area contributed by atoms with E-state index < -0.39 is 10.0 Å². The fraction of sp³-hybridized carbons (Fsp3) is 0.571. The molecule has 0 aromatic heterocycles. The van der Waals surface area contributed by atoms with Crippen LogP contribution in [0.3, 0.4) is 0 Å². The third-order valence-electron chi connectivity index (χ3n) is 3.69. The zero-order valence-electron chi connectivity index (χ0n) is 12.0. The number of aryl methyl sites for hydroxylation is 1. The van der Waals surface area contributed by atoms with Crippen LogP contribution in [-0.2, 0) is 21.3 Å². The van der Waals surface area contributed by atoms with Crippen LogP contribution in [0, 0.1) is 13.8 Å². The summed E-state index contributed by atoms with van der Waals surface area (Å²) in [6.45, 7) is 5.20. The van der Waals surface area contributed by atoms with Gasteiger partial charge in [-0.25, -0.2) is 13.1 Å². The summed E-state index contributed by atoms with van der Waals surface area (Å²) in [7, 11) is -3.53. The van der Waals surface area contributed by atoms with Gasteiger partial charge >= 0.3 is 0 Å². The summed E-state index contributed by atoms with van der Waals surface area (Å²) in [6, 6.07) is 3.45. The molecule has 1 heterocycles. The molecule has 1 aliphatic heterocycles. The molecule has 0 saturated carbocycles. The molecule has 1 aromatic carbocycles. The Morgan fingerprint density at radius 2 is 2.15 bits per heavy atom. The minimum Gasteiger partial charge on any atom is -0.380 e. The molecule has 2 rings (SSSR count). The van der Waals surface area contributed by atoms with Crippen molar-refractivity contribution in [2.75, 3.05) is 13.2 Å². The van der Waals surface area contributed by atoms with E-state index >= 15 is 0 Å². The van der Waals surface area contributed by atoms with E-state index in [1.807, 2.05) is 19.9 Å². The first kappa shape index (κ1) is 15.4. The molecule has 20 heavy (non-hydrogen) atoms. The van der Waals surface area contributed by atoms with Crippen LogP contribution in [0.15, 0.2) is 17.0 Å². The number of hydrogen-bond donors (Lipinski definition) is 2. The van der Waals surface area contributed by atoms with Gasteiger partial charge in [0.25, 0.3) is 0 Å². The van der Waals surface area contributed by atoms with Crippen LogP contribution < -0.4 is 10.5 Å². The molecule has 1 fully saturated rings. The zero-order valence-corrected chi connectivity index (χ0v) is 12.8. The smallest absolute Gasteiger partial charge is 0.241 e. The lowest BCUT2D eigenvalue weighted by molar-refractivity contribution is 0.0774. The monoisotopic (exact) mass is 298 g/mol. The lowest BCUT2D eigenvalue weighted by atomic mass is 10.1. The summed E-state index contributed by atoms with van der Waals surface area (Å²) in [5, 5.41) is 0. The molecule has 112 valence electrons. The Morgan fingerprint density at radius 3 is 2.75 bits per heavy atom. The molecule has 1 aromatic rings. The van der Waals surface area contributed by atoms with Gasteiger partial charge in [-0.1, -0.05) is 6.07 Å². The summed E-state index contributed by atoms with van der Waals surface area (Å²) in [4.78, 5) is 0.323. The van der Waals surface area contributed by atoms with Crippen LogP contribution in [0.4, 0.5) is 0 Å². The normalized spacial score (nSPS) is 20.1. The van der Waals surface area contributed by atoms with Gasteiger partial charge in [-0.05, 0) is 49.4 Å². The quantitative estimate of drug-likeness (QED) is 0.875. The predicted molar refractivity (Wildman–Crippen MR) is 78.0 cm³/mol. The number of nitrogens with one attached hydrogen (secondary N) is 1. The Labute approximate surface area is 120 Å². The van der Waals surface area contributed by atoms with Gasteiger partial charge in [-0.15, -0.1) is 0 Å². The molecular formula is C14H22N2O3S. The second-order valence-electron chi connectivity index (χ2n) is 5.28. The van der Waals surface area contributed by atoms with Crippen molar-refractivity contribution in [2.24, 2.45) is 5.73 Å². The minimum atomic E-state index is -3.53. The molecule has 3 N–H and O–H groups in total. The molecule has 0 spiro atoms. The molecule has 0 amide bonds. The number of nitrogens with two attached hydrogens (primary N) is 1. The van der Waals surface area contributed by atoms with E-state index in [-0.39, 0.29) is 6.04 Å². The standard InChI is InChI=1S/C14H22N2O3S/c1-10-6-12(8-15)7-14(11(10)2)20(17,18)16-13-4-3-5-19-9-13/h6-7,13,16H,3-5,8-9,15H2,1-2H3. The largest absolute Gasteiger partial charge is 0.380 e. The van der Waals surface area contributed by atoms with Crippen LogP contribution >= 0.6 is 0 Å². The first-order valence-corrected chi connectivity index (χ1v) is 8.32. The first-order valence-electron chi connectivity index (χ1n) is 6.84. The van der Waals surface area contributed by atoms with Crippen molar-refractivity contribution >= 4 is 10.0 Å². The van der Waals surface area contributed by atoms with Gasteiger partial charge in [0.2, 0.25) is 10.0 Å². The van der Waals surface area contributed by atoms with Crippen molar-refractivity contribution in [3.05, 3.63) is 28.8 Å². The highest BCUT2D eigenvalue weighted by atomic mass is 32.2. The maximum atomic E-state index is 12.5. The van der Waals surface area contributed by atoms with Crippen LogP contribution in [0.5, 0.6) is 0 Å². The maximum Gasteiger partial charge on any atom is 0.241 e. The van der Waals surface area contributed by atoms with Crippen molar-refractivity contribution < 1.29 is 13.2 Å². The molecular weight excluding hydrogens is 276 g/mol. The van der Waals surface area contributed by atoms with Gasteiger partial charge in [0, 0.05) is 19.2 Å². The molecule has 0 radical (unpaired) electrons. The van der Waals surface area contributed by atoms with Crippen molar-refractivity contribution in [3.63, 3.8) is 0 Å². The molecule has 6 heteroatoms. The van der Waals surface area contributed by atoms with E-state index in [1.54, 1.807) is 6.07 Å². The number of benzene rings is 1. The second kappa shape index (κ2) is 6.22. The molecule has 0 aliphatic carbocycles. The Bertz CT molecular complexity index is 578. The van der Waals surface area contributed by atoms with Crippen LogP contribution in [0.1, 0.15) is 29.5 Å². The minimum absolute atomic E-state index is 0.144. The summed E-state index contributed by atoms with van der Waals surface area (Å²) in [6.07, 6.45) is 1.70. The van der Waals surface area contributed by atoms with E-state index in [4.69, 9.17) is 10.5 Å². The van der Waals surface area contributed by atoms with Crippen molar-refractivity contribution in [2.45, 2.75) is 44.2 Å². The highest BCUT2D eigenvalue weighted by molar-refractivity contribution is 7.89. The van der Waals surface area contributed by atoms with E-state index in [0.29, 0.717) is 24.7 Å². The first-order chi connectivity index (χ1) is 9.44. The van der Waals surface area contributed by atoms with Crippen LogP contribution in [-0.4, -0.2) is 27.7 Å². The number of hydrogen-bond acceptors (Lipinski definition) is 4. The van der Waals surface area contributed by atoms with E-state index in [2.05, 4.69) is 4.72 Å². The molecule has 0 bridgehead atoms. The molecule has 1 atom stereocenters. The topological polar surface area (TPSA) is 81.4 Å². The van der Waals surface area contributed by atoms with Crippen LogP contribution in [0.25, 0.3) is 0 Å². The van der Waals surface area contributed by atoms with Crippen molar-refractivity contribution in [3.8, 4) is 0 Å². The average molecular weight is 298 g/mol. The lowest BCUT2D eigenvalue weighted by Gasteiger charge is -2.23. The fourth-order valence-electron chi connectivity index (χ4n) is 2.41. The third kappa shape index (κ3) is 3.38. The van der Waals surface area contributed by atoms with Gasteiger partial charge in [-0.2, -0.15) is 0 Å². The van der Waals surface area contributed by atoms with Gasteiger partial charge in [0.1, 0.15) is 0 Å². The zero-order chi connectivity index (χ0) is 14.8. The molecule has 1 unspecified atom stereocenters. The summed E-state index contributed by atoms with van der Waals surface area (Å²) in [5.74, 6) is 0. The highest BCUT2D eigenvalue weighted by Gasteiger charge is 2.24. The summed E-state index contributed by atoms with van der Waals surface area (Å²) in [5.41, 5.74) is 8.17. The molecule has 1 aliphatic rings. The lowest BCUT2D eigenvalue weighted by Crippen LogP contribution is -2.40. The van der Waals surface area contributed by atoms with E-state index in [1.165, 1.54) is 0 Å². The summed E-state index contributed by atoms with van der Waals surface area (Å²) >= 11 is 0. The number of rotatable bonds is 4.